The van der Waals surface area contributed by atoms with Gasteiger partial charge in [-0.25, -0.2) is 0 Å². The van der Waals surface area contributed by atoms with Crippen molar-refractivity contribution in [1.82, 2.24) is 9.78 Å². The maximum atomic E-state index is 10.4. The second-order valence-electron chi connectivity index (χ2n) is 3.92. The predicted octanol–water partition coefficient (Wildman–Crippen LogP) is 2.90. The summed E-state index contributed by atoms with van der Waals surface area (Å²) >= 11 is 2.28. The van der Waals surface area contributed by atoms with Crippen LogP contribution in [0.4, 0.5) is 0 Å². The molecule has 4 nitrogen and oxygen atoms in total. The first kappa shape index (κ1) is 12.3. The fourth-order valence-corrected chi connectivity index (χ4v) is 2.23. The van der Waals surface area contributed by atoms with Crippen LogP contribution >= 0.6 is 22.6 Å². The molecule has 0 unspecified atom stereocenters. The first-order valence-corrected chi connectivity index (χ1v) is 6.57. The predicted molar refractivity (Wildman–Crippen MR) is 73.9 cm³/mol. The van der Waals surface area contributed by atoms with Gasteiger partial charge in [0.15, 0.2) is 0 Å². The number of nitrogens with zero attached hydrogens (tertiary/aromatic N) is 2. The van der Waals surface area contributed by atoms with Crippen molar-refractivity contribution in [2.75, 3.05) is 0 Å². The summed E-state index contributed by atoms with van der Waals surface area (Å²) in [6.45, 7) is 0.775. The third kappa shape index (κ3) is 3.18. The van der Waals surface area contributed by atoms with Gasteiger partial charge in [-0.3, -0.25) is 9.48 Å². The minimum absolute atomic E-state index is 0.233. The Balaban J connectivity index is 2.03. The molecule has 17 heavy (non-hydrogen) atoms. The first-order valence-electron chi connectivity index (χ1n) is 5.50. The molecule has 0 aliphatic carbocycles. The zero-order chi connectivity index (χ0) is 12.3. The topological polar surface area (TPSA) is 55.1 Å². The van der Waals surface area contributed by atoms with Crippen LogP contribution in [0.25, 0.3) is 10.9 Å². The number of rotatable bonds is 5. The van der Waals surface area contributed by atoms with Crippen molar-refractivity contribution < 1.29 is 9.90 Å². The summed E-state index contributed by atoms with van der Waals surface area (Å²) in [7, 11) is 0. The van der Waals surface area contributed by atoms with Gasteiger partial charge < -0.3 is 5.11 Å². The van der Waals surface area contributed by atoms with E-state index in [1.807, 2.05) is 10.9 Å². The Morgan fingerprint density at radius 1 is 1.41 bits per heavy atom. The van der Waals surface area contributed by atoms with E-state index in [0.717, 1.165) is 23.9 Å². The van der Waals surface area contributed by atoms with Crippen LogP contribution in [0.1, 0.15) is 19.3 Å². The van der Waals surface area contributed by atoms with E-state index >= 15 is 0 Å². The highest BCUT2D eigenvalue weighted by molar-refractivity contribution is 14.1. The van der Waals surface area contributed by atoms with Gasteiger partial charge in [-0.05, 0) is 47.6 Å². The van der Waals surface area contributed by atoms with Crippen LogP contribution in [0.5, 0.6) is 0 Å². The van der Waals surface area contributed by atoms with E-state index < -0.39 is 5.97 Å². The molecule has 0 aliphatic heterocycles. The lowest BCUT2D eigenvalue weighted by Crippen LogP contribution is -2.01. The summed E-state index contributed by atoms with van der Waals surface area (Å²) in [5.74, 6) is -0.732. The van der Waals surface area contributed by atoms with Crippen molar-refractivity contribution in [3.05, 3.63) is 28.0 Å². The summed E-state index contributed by atoms with van der Waals surface area (Å²) < 4.78 is 3.13. The fourth-order valence-electron chi connectivity index (χ4n) is 1.76. The van der Waals surface area contributed by atoms with Crippen molar-refractivity contribution in [2.24, 2.45) is 0 Å². The molecule has 1 aromatic heterocycles. The molecule has 2 aromatic rings. The van der Waals surface area contributed by atoms with Crippen LogP contribution in [0.15, 0.2) is 24.4 Å². The Morgan fingerprint density at radius 3 is 3.00 bits per heavy atom. The molecule has 0 saturated carbocycles. The quantitative estimate of drug-likeness (QED) is 0.670. The van der Waals surface area contributed by atoms with Crippen molar-refractivity contribution in [2.45, 2.75) is 25.8 Å². The lowest BCUT2D eigenvalue weighted by Gasteiger charge is -2.03. The Morgan fingerprint density at radius 2 is 2.24 bits per heavy atom. The number of halogens is 1. The largest absolute Gasteiger partial charge is 0.481 e. The Kier molecular flexibility index (Phi) is 3.98. The molecule has 0 atom stereocenters. The molecule has 0 spiro atoms. The summed E-state index contributed by atoms with van der Waals surface area (Å²) in [6, 6.07) is 6.21. The number of aryl methyl sites for hydroxylation is 1. The van der Waals surface area contributed by atoms with Gasteiger partial charge in [0.25, 0.3) is 0 Å². The number of carboxylic acids is 1. The van der Waals surface area contributed by atoms with Gasteiger partial charge in [-0.1, -0.05) is 6.07 Å². The number of hydrogen-bond donors (Lipinski definition) is 1. The summed E-state index contributed by atoms with van der Waals surface area (Å²) in [6.07, 6.45) is 3.62. The lowest BCUT2D eigenvalue weighted by molar-refractivity contribution is -0.137. The second kappa shape index (κ2) is 5.48. The molecule has 0 fully saturated rings. The van der Waals surface area contributed by atoms with E-state index in [1.54, 1.807) is 0 Å². The van der Waals surface area contributed by atoms with Crippen molar-refractivity contribution in [3.63, 3.8) is 0 Å². The minimum Gasteiger partial charge on any atom is -0.481 e. The lowest BCUT2D eigenvalue weighted by atomic mass is 10.2. The van der Waals surface area contributed by atoms with E-state index in [9.17, 15) is 4.79 Å². The zero-order valence-electron chi connectivity index (χ0n) is 9.27. The van der Waals surface area contributed by atoms with Gasteiger partial charge in [0.2, 0.25) is 0 Å². The third-order valence-corrected chi connectivity index (χ3v) is 3.29. The Labute approximate surface area is 113 Å². The molecule has 90 valence electrons. The highest BCUT2D eigenvalue weighted by atomic mass is 127. The number of aliphatic carboxylic acids is 1. The van der Waals surface area contributed by atoms with Gasteiger partial charge in [0, 0.05) is 21.9 Å². The fraction of sp³-hybridized carbons (Fsp3) is 0.333. The highest BCUT2D eigenvalue weighted by Gasteiger charge is 2.03. The number of hydrogen-bond acceptors (Lipinski definition) is 2. The molecule has 1 N–H and O–H groups in total. The summed E-state index contributed by atoms with van der Waals surface area (Å²) in [4.78, 5) is 10.4. The summed E-state index contributed by atoms with van der Waals surface area (Å²) in [5, 5.41) is 14.0. The molecule has 1 aromatic carbocycles. The number of carboxylic acid groups (broad SMARTS) is 1. The van der Waals surface area contributed by atoms with E-state index in [1.165, 1.54) is 3.57 Å². The number of aromatic nitrogens is 2. The molecule has 0 amide bonds. The third-order valence-electron chi connectivity index (χ3n) is 2.62. The maximum Gasteiger partial charge on any atom is 0.303 e. The number of carbonyl (C=O) groups is 1. The van der Waals surface area contributed by atoms with E-state index in [-0.39, 0.29) is 6.42 Å². The number of fused-ring (bicyclic) bond motifs is 1. The molecule has 2 rings (SSSR count). The second-order valence-corrected chi connectivity index (χ2v) is 5.17. The molecule has 0 radical (unpaired) electrons. The highest BCUT2D eigenvalue weighted by Crippen LogP contribution is 2.17. The van der Waals surface area contributed by atoms with Crippen molar-refractivity contribution in [3.8, 4) is 0 Å². The zero-order valence-corrected chi connectivity index (χ0v) is 11.4. The average Bonchev–Trinajstić information content (AvgIpc) is 2.67. The van der Waals surface area contributed by atoms with Gasteiger partial charge in [0.05, 0.1) is 11.7 Å². The SMILES string of the molecule is O=C(O)CCCCn1ncc2ccc(I)cc21. The average molecular weight is 344 g/mol. The van der Waals surface area contributed by atoms with E-state index in [0.29, 0.717) is 6.42 Å². The van der Waals surface area contributed by atoms with E-state index in [2.05, 4.69) is 45.9 Å². The van der Waals surface area contributed by atoms with Crippen LogP contribution < -0.4 is 0 Å². The first-order chi connectivity index (χ1) is 8.16. The smallest absolute Gasteiger partial charge is 0.303 e. The van der Waals surface area contributed by atoms with Crippen molar-refractivity contribution >= 4 is 39.5 Å². The molecular weight excluding hydrogens is 331 g/mol. The van der Waals surface area contributed by atoms with Gasteiger partial charge in [0.1, 0.15) is 0 Å². The summed E-state index contributed by atoms with van der Waals surface area (Å²) in [5.41, 5.74) is 1.12. The Hall–Kier alpha value is -1.11. The van der Waals surface area contributed by atoms with Crippen molar-refractivity contribution in [1.29, 1.82) is 0 Å². The van der Waals surface area contributed by atoms with E-state index in [4.69, 9.17) is 5.11 Å². The van der Waals surface area contributed by atoms with Gasteiger partial charge in [-0.2, -0.15) is 5.10 Å². The molecule has 0 bridgehead atoms. The molecule has 5 heteroatoms. The van der Waals surface area contributed by atoms with Crippen LogP contribution in [-0.2, 0) is 11.3 Å². The monoisotopic (exact) mass is 344 g/mol. The van der Waals surface area contributed by atoms with Crippen LogP contribution in [0.2, 0.25) is 0 Å². The van der Waals surface area contributed by atoms with Crippen LogP contribution in [-0.4, -0.2) is 20.9 Å². The molecular formula is C12H13IN2O2. The molecule has 0 aliphatic rings. The standard InChI is InChI=1S/C12H13IN2O2/c13-10-5-4-9-8-14-15(11(9)7-10)6-2-1-3-12(16)17/h4-5,7-8H,1-3,6H2,(H,16,17). The molecule has 0 saturated heterocycles. The van der Waals surface area contributed by atoms with Gasteiger partial charge in [-0.15, -0.1) is 0 Å². The normalized spacial score (nSPS) is 10.9. The maximum absolute atomic E-state index is 10.4. The minimum atomic E-state index is -0.732. The number of benzene rings is 1. The Bertz CT molecular complexity index is 536. The molecule has 1 heterocycles. The van der Waals surface area contributed by atoms with Crippen LogP contribution in [0.3, 0.4) is 0 Å². The van der Waals surface area contributed by atoms with Crippen LogP contribution in [0, 0.1) is 3.57 Å². The number of unbranched alkanes of at least 4 members (excludes halogenated alkanes) is 1. The van der Waals surface area contributed by atoms with Gasteiger partial charge >= 0.3 is 5.97 Å².